The van der Waals surface area contributed by atoms with Crippen LogP contribution in [0.5, 0.6) is 0 Å². The van der Waals surface area contributed by atoms with Crippen molar-refractivity contribution in [2.24, 2.45) is 5.92 Å². The maximum atomic E-state index is 12.8. The van der Waals surface area contributed by atoms with Crippen LogP contribution < -0.4 is 4.90 Å². The molecule has 0 saturated carbocycles. The number of piperidine rings is 1. The molecule has 1 fully saturated rings. The van der Waals surface area contributed by atoms with Crippen LogP contribution in [0.3, 0.4) is 0 Å². The largest absolute Gasteiger partial charge is 0.395 e. The van der Waals surface area contributed by atoms with Crippen molar-refractivity contribution < 1.29 is 23.1 Å². The summed E-state index contributed by atoms with van der Waals surface area (Å²) in [6.45, 7) is 0.173. The Bertz CT molecular complexity index is 508. The van der Waals surface area contributed by atoms with E-state index in [-0.39, 0.29) is 38.6 Å². The summed E-state index contributed by atoms with van der Waals surface area (Å²) in [6.07, 6.45) is -3.82. The second-order valence-corrected chi connectivity index (χ2v) is 5.70. The molecule has 1 amide bonds. The summed E-state index contributed by atoms with van der Waals surface area (Å²) in [5.41, 5.74) is 0.763. The Labute approximate surface area is 133 Å². The fourth-order valence-corrected chi connectivity index (χ4v) is 2.79. The summed E-state index contributed by atoms with van der Waals surface area (Å²) in [5, 5.41) is 9.15. The van der Waals surface area contributed by atoms with Gasteiger partial charge in [0.1, 0.15) is 0 Å². The number of hydrogen-bond acceptors (Lipinski definition) is 3. The summed E-state index contributed by atoms with van der Waals surface area (Å²) in [4.78, 5) is 15.3. The highest BCUT2D eigenvalue weighted by Crippen LogP contribution is 2.33. The van der Waals surface area contributed by atoms with Gasteiger partial charge in [-0.3, -0.25) is 4.79 Å². The van der Waals surface area contributed by atoms with E-state index in [1.165, 1.54) is 4.90 Å². The minimum Gasteiger partial charge on any atom is -0.395 e. The first-order chi connectivity index (χ1) is 10.9. The van der Waals surface area contributed by atoms with E-state index < -0.39 is 12.1 Å². The van der Waals surface area contributed by atoms with Gasteiger partial charge in [-0.1, -0.05) is 18.2 Å². The lowest BCUT2D eigenvalue weighted by Crippen LogP contribution is -2.48. The summed E-state index contributed by atoms with van der Waals surface area (Å²) < 4.78 is 38.5. The van der Waals surface area contributed by atoms with Gasteiger partial charge >= 0.3 is 6.18 Å². The molecular weight excluding hydrogens is 309 g/mol. The molecule has 1 aliphatic rings. The molecule has 0 unspecified atom stereocenters. The van der Waals surface area contributed by atoms with E-state index in [2.05, 4.69) is 0 Å². The third-order valence-corrected chi connectivity index (χ3v) is 4.05. The molecule has 1 aromatic carbocycles. The molecule has 1 aromatic rings. The number of nitrogens with zero attached hydrogens (tertiary/aromatic N) is 2. The predicted molar refractivity (Wildman–Crippen MR) is 81.1 cm³/mol. The van der Waals surface area contributed by atoms with Crippen LogP contribution in [-0.2, 0) is 4.79 Å². The number of aliphatic hydroxyl groups excluding tert-OH is 1. The quantitative estimate of drug-likeness (QED) is 0.901. The third kappa shape index (κ3) is 4.86. The maximum Gasteiger partial charge on any atom is 0.393 e. The zero-order valence-electron chi connectivity index (χ0n) is 12.8. The molecule has 1 atom stereocenters. The van der Waals surface area contributed by atoms with Crippen LogP contribution in [0.25, 0.3) is 0 Å². The number of carbonyl (C=O) groups excluding carboxylic acids is 1. The first kappa shape index (κ1) is 17.6. The van der Waals surface area contributed by atoms with Gasteiger partial charge in [-0.2, -0.15) is 13.2 Å². The summed E-state index contributed by atoms with van der Waals surface area (Å²) in [6, 6.07) is 9.06. The van der Waals surface area contributed by atoms with E-state index in [1.807, 2.05) is 18.2 Å². The van der Waals surface area contributed by atoms with Crippen LogP contribution in [0.1, 0.15) is 12.8 Å². The maximum absolute atomic E-state index is 12.8. The Morgan fingerprint density at radius 1 is 1.30 bits per heavy atom. The van der Waals surface area contributed by atoms with Gasteiger partial charge in [-0.15, -0.1) is 0 Å². The van der Waals surface area contributed by atoms with E-state index in [4.69, 9.17) is 5.11 Å². The monoisotopic (exact) mass is 330 g/mol. The molecule has 2 rings (SSSR count). The van der Waals surface area contributed by atoms with E-state index in [0.717, 1.165) is 5.69 Å². The highest BCUT2D eigenvalue weighted by molar-refractivity contribution is 5.81. The number of halogens is 3. The van der Waals surface area contributed by atoms with Crippen LogP contribution in [0, 0.1) is 5.92 Å². The van der Waals surface area contributed by atoms with Crippen LogP contribution in [-0.4, -0.2) is 54.9 Å². The van der Waals surface area contributed by atoms with Gasteiger partial charge in [0, 0.05) is 25.3 Å². The molecule has 0 aromatic heterocycles. The average Bonchev–Trinajstić information content (AvgIpc) is 2.54. The fraction of sp³-hybridized carbons (Fsp3) is 0.562. The molecule has 0 spiro atoms. The zero-order valence-corrected chi connectivity index (χ0v) is 12.8. The van der Waals surface area contributed by atoms with E-state index in [1.54, 1.807) is 17.0 Å². The van der Waals surface area contributed by atoms with Gasteiger partial charge in [0.25, 0.3) is 0 Å². The van der Waals surface area contributed by atoms with Gasteiger partial charge in [-0.05, 0) is 25.0 Å². The van der Waals surface area contributed by atoms with Crippen LogP contribution in [0.4, 0.5) is 18.9 Å². The lowest BCUT2D eigenvalue weighted by Gasteiger charge is -2.35. The summed E-state index contributed by atoms with van der Waals surface area (Å²) in [7, 11) is 0. The molecule has 7 heteroatoms. The predicted octanol–water partition coefficient (Wildman–Crippen LogP) is 2.29. The number of amides is 1. The van der Waals surface area contributed by atoms with E-state index in [0.29, 0.717) is 13.0 Å². The van der Waals surface area contributed by atoms with Crippen molar-refractivity contribution in [2.75, 3.05) is 37.7 Å². The minimum atomic E-state index is -4.26. The molecule has 0 radical (unpaired) electrons. The molecule has 1 heterocycles. The van der Waals surface area contributed by atoms with Crippen molar-refractivity contribution in [3.8, 4) is 0 Å². The average molecular weight is 330 g/mol. The minimum absolute atomic E-state index is 0.0326. The molecule has 1 aliphatic heterocycles. The van der Waals surface area contributed by atoms with Crippen molar-refractivity contribution in [2.45, 2.75) is 19.0 Å². The lowest BCUT2D eigenvalue weighted by atomic mass is 9.97. The molecule has 0 aliphatic carbocycles. The SMILES string of the molecule is O=C(CN(CCO)c1ccccc1)N1CCC[C@H](C(F)(F)F)C1. The standard InChI is InChI=1S/C16H21F3N2O2/c17-16(18,19)13-5-4-8-21(11-13)15(23)12-20(9-10-22)14-6-2-1-3-7-14/h1-3,6-7,13,22H,4-5,8-12H2/t13-/m0/s1. The number of anilines is 1. The van der Waals surface area contributed by atoms with Crippen molar-refractivity contribution >= 4 is 11.6 Å². The molecule has 128 valence electrons. The number of aliphatic hydroxyl groups is 1. The normalized spacial score (nSPS) is 18.8. The Kier molecular flexibility index (Phi) is 5.87. The number of para-hydroxylation sites is 1. The Morgan fingerprint density at radius 3 is 2.61 bits per heavy atom. The Morgan fingerprint density at radius 2 is 2.00 bits per heavy atom. The van der Waals surface area contributed by atoms with Gasteiger partial charge < -0.3 is 14.9 Å². The van der Waals surface area contributed by atoms with E-state index in [9.17, 15) is 18.0 Å². The number of benzene rings is 1. The van der Waals surface area contributed by atoms with Crippen molar-refractivity contribution in [1.29, 1.82) is 0 Å². The van der Waals surface area contributed by atoms with Gasteiger partial charge in [0.2, 0.25) is 5.91 Å². The Hall–Kier alpha value is -1.76. The number of hydrogen-bond donors (Lipinski definition) is 1. The second-order valence-electron chi connectivity index (χ2n) is 5.70. The zero-order chi connectivity index (χ0) is 16.9. The molecule has 0 bridgehead atoms. The highest BCUT2D eigenvalue weighted by Gasteiger charge is 2.42. The number of rotatable bonds is 5. The summed E-state index contributed by atoms with van der Waals surface area (Å²) >= 11 is 0. The van der Waals surface area contributed by atoms with Gasteiger partial charge in [0.05, 0.1) is 19.1 Å². The topological polar surface area (TPSA) is 43.8 Å². The van der Waals surface area contributed by atoms with Crippen molar-refractivity contribution in [3.63, 3.8) is 0 Å². The van der Waals surface area contributed by atoms with Crippen LogP contribution >= 0.6 is 0 Å². The van der Waals surface area contributed by atoms with Crippen molar-refractivity contribution in [1.82, 2.24) is 4.90 Å². The summed E-state index contributed by atoms with van der Waals surface area (Å²) in [5.74, 6) is -1.78. The molecule has 1 N–H and O–H groups in total. The Balaban J connectivity index is 2.01. The second kappa shape index (κ2) is 7.68. The number of alkyl halides is 3. The van der Waals surface area contributed by atoms with Gasteiger partial charge in [-0.25, -0.2) is 0 Å². The van der Waals surface area contributed by atoms with Crippen molar-refractivity contribution in [3.05, 3.63) is 30.3 Å². The van der Waals surface area contributed by atoms with E-state index >= 15 is 0 Å². The highest BCUT2D eigenvalue weighted by atomic mass is 19.4. The first-order valence-electron chi connectivity index (χ1n) is 7.67. The molecular formula is C16H21F3N2O2. The molecule has 1 saturated heterocycles. The fourth-order valence-electron chi connectivity index (χ4n) is 2.79. The third-order valence-electron chi connectivity index (χ3n) is 4.05. The van der Waals surface area contributed by atoms with Gasteiger partial charge in [0.15, 0.2) is 0 Å². The lowest BCUT2D eigenvalue weighted by molar-refractivity contribution is -0.187. The van der Waals surface area contributed by atoms with Crippen LogP contribution in [0.15, 0.2) is 30.3 Å². The smallest absolute Gasteiger partial charge is 0.393 e. The number of carbonyl (C=O) groups is 1. The molecule has 23 heavy (non-hydrogen) atoms. The first-order valence-corrected chi connectivity index (χ1v) is 7.67. The van der Waals surface area contributed by atoms with Crippen LogP contribution in [0.2, 0.25) is 0 Å². The number of likely N-dealkylation sites (tertiary alicyclic amines) is 1. The molecule has 4 nitrogen and oxygen atoms in total.